The van der Waals surface area contributed by atoms with Crippen LogP contribution in [0.15, 0.2) is 0 Å². The Hall–Kier alpha value is 0.577. The molecule has 0 fully saturated rings. The Bertz CT molecular complexity index is 173. The van der Waals surface area contributed by atoms with Gasteiger partial charge in [0, 0.05) is 5.92 Å². The van der Waals surface area contributed by atoms with Crippen molar-refractivity contribution >= 4 is 39.2 Å². The van der Waals surface area contributed by atoms with E-state index < -0.39 is 6.00 Å². The first-order valence-electron chi connectivity index (χ1n) is 4.46. The first-order chi connectivity index (χ1) is 5.99. The Balaban J connectivity index is 3.72. The number of hydrogen-bond acceptors (Lipinski definition) is 1. The molecule has 13 heavy (non-hydrogen) atoms. The molecule has 0 spiro atoms. The van der Waals surface area contributed by atoms with Crippen LogP contribution >= 0.6 is 33.2 Å². The largest absolute Gasteiger partial charge is 0.342 e. The number of halogens is 3. The van der Waals surface area contributed by atoms with Crippen molar-refractivity contribution in [3.05, 3.63) is 0 Å². The highest BCUT2D eigenvalue weighted by molar-refractivity contribution is 7.64. The van der Waals surface area contributed by atoms with Crippen molar-refractivity contribution in [2.75, 3.05) is 0 Å². The van der Waals surface area contributed by atoms with Gasteiger partial charge in [-0.3, -0.25) is 0 Å². The molecular weight excluding hydrogens is 245 g/mol. The van der Waals surface area contributed by atoms with E-state index in [0.29, 0.717) is 6.04 Å². The zero-order chi connectivity index (χ0) is 10.3. The van der Waals surface area contributed by atoms with Crippen LogP contribution in [0.5, 0.6) is 0 Å². The van der Waals surface area contributed by atoms with Crippen molar-refractivity contribution in [3.63, 3.8) is 0 Å². The molecule has 0 amide bonds. The quantitative estimate of drug-likeness (QED) is 0.394. The molecule has 0 aliphatic rings. The summed E-state index contributed by atoms with van der Waals surface area (Å²) in [5.41, 5.74) is 0. The third kappa shape index (κ3) is 8.89. The number of rotatable bonds is 6. The first-order valence-corrected chi connectivity index (χ1v) is 9.70. The van der Waals surface area contributed by atoms with Gasteiger partial charge in [0.25, 0.3) is 0 Å². The summed E-state index contributed by atoms with van der Waals surface area (Å²) in [5.74, 6) is -0.0642. The minimum atomic E-state index is -2.61. The summed E-state index contributed by atoms with van der Waals surface area (Å²) >= 11 is 17.2. The van der Waals surface area contributed by atoms with E-state index in [0.717, 1.165) is 25.7 Å². The topological polar surface area (TPSA) is 23.8 Å². The fraction of sp³-hybridized carbons (Fsp3) is 0.875. The van der Waals surface area contributed by atoms with Gasteiger partial charge in [-0.05, 0) is 12.5 Å². The Morgan fingerprint density at radius 3 is 2.31 bits per heavy atom. The average Bonchev–Trinajstić information content (AvgIpc) is 2.01. The summed E-state index contributed by atoms with van der Waals surface area (Å²) in [5, 5.41) is 8.78. The summed E-state index contributed by atoms with van der Waals surface area (Å²) in [4.78, 5) is 0. The standard InChI is InChI=1S/C8H14Cl3NSi/c1-2-3-4-5-8(6-12)7-13(9,10)11/h8H,2-5,7H2,1H3. The zero-order valence-corrected chi connectivity index (χ0v) is 11.0. The molecule has 0 radical (unpaired) electrons. The fourth-order valence-electron chi connectivity index (χ4n) is 1.13. The zero-order valence-electron chi connectivity index (χ0n) is 7.69. The molecule has 0 saturated carbocycles. The molecular formula is C8H14Cl3NSi. The van der Waals surface area contributed by atoms with E-state index in [4.69, 9.17) is 38.5 Å². The predicted octanol–water partition coefficient (Wildman–Crippen LogP) is 4.36. The summed E-state index contributed by atoms with van der Waals surface area (Å²) < 4.78 is 0. The van der Waals surface area contributed by atoms with Gasteiger partial charge in [-0.15, -0.1) is 33.2 Å². The highest BCUT2D eigenvalue weighted by atomic mass is 35.8. The minimum Gasteiger partial charge on any atom is -0.198 e. The Labute approximate surface area is 95.1 Å². The lowest BCUT2D eigenvalue weighted by Gasteiger charge is -2.12. The first kappa shape index (κ1) is 13.6. The molecule has 76 valence electrons. The van der Waals surface area contributed by atoms with Crippen molar-refractivity contribution in [3.8, 4) is 6.07 Å². The van der Waals surface area contributed by atoms with Gasteiger partial charge >= 0.3 is 6.00 Å². The molecule has 0 aromatic carbocycles. The molecule has 0 rings (SSSR count). The second-order valence-electron chi connectivity index (χ2n) is 3.14. The van der Waals surface area contributed by atoms with Crippen molar-refractivity contribution in [2.45, 2.75) is 38.7 Å². The number of nitrogens with zero attached hydrogens (tertiary/aromatic N) is 1. The molecule has 0 aliphatic heterocycles. The van der Waals surface area contributed by atoms with Gasteiger partial charge in [0.1, 0.15) is 0 Å². The number of unbranched alkanes of at least 4 members (excludes halogenated alkanes) is 2. The number of hydrogen-bond donors (Lipinski definition) is 0. The second-order valence-corrected chi connectivity index (χ2v) is 12.3. The van der Waals surface area contributed by atoms with Gasteiger partial charge in [-0.1, -0.05) is 26.2 Å². The van der Waals surface area contributed by atoms with Gasteiger partial charge < -0.3 is 0 Å². The lowest BCUT2D eigenvalue weighted by molar-refractivity contribution is 0.582. The molecule has 0 bridgehead atoms. The van der Waals surface area contributed by atoms with E-state index in [1.807, 2.05) is 0 Å². The molecule has 1 nitrogen and oxygen atoms in total. The van der Waals surface area contributed by atoms with Crippen molar-refractivity contribution < 1.29 is 0 Å². The molecule has 0 aromatic heterocycles. The maximum Gasteiger partial charge on any atom is 0.342 e. The normalized spacial score (nSPS) is 13.8. The van der Waals surface area contributed by atoms with Gasteiger partial charge in [0.05, 0.1) is 6.07 Å². The van der Waals surface area contributed by atoms with Gasteiger partial charge in [0.2, 0.25) is 0 Å². The molecule has 0 aliphatic carbocycles. The van der Waals surface area contributed by atoms with Gasteiger partial charge in [-0.2, -0.15) is 5.26 Å². The van der Waals surface area contributed by atoms with Crippen molar-refractivity contribution in [2.24, 2.45) is 5.92 Å². The van der Waals surface area contributed by atoms with Crippen LogP contribution in [0, 0.1) is 17.2 Å². The maximum absolute atomic E-state index is 8.78. The molecule has 0 heterocycles. The van der Waals surface area contributed by atoms with E-state index in [2.05, 4.69) is 13.0 Å². The molecule has 0 aromatic rings. The van der Waals surface area contributed by atoms with Gasteiger partial charge in [0.15, 0.2) is 0 Å². The van der Waals surface area contributed by atoms with E-state index in [-0.39, 0.29) is 5.92 Å². The molecule has 0 saturated heterocycles. The molecule has 5 heteroatoms. The monoisotopic (exact) mass is 257 g/mol. The van der Waals surface area contributed by atoms with Crippen LogP contribution in [-0.2, 0) is 0 Å². The van der Waals surface area contributed by atoms with Crippen LogP contribution in [0.25, 0.3) is 0 Å². The van der Waals surface area contributed by atoms with Crippen LogP contribution in [0.4, 0.5) is 0 Å². The van der Waals surface area contributed by atoms with E-state index >= 15 is 0 Å². The lowest BCUT2D eigenvalue weighted by atomic mass is 10.1. The van der Waals surface area contributed by atoms with E-state index in [9.17, 15) is 0 Å². The average molecular weight is 259 g/mol. The summed E-state index contributed by atoms with van der Waals surface area (Å²) in [6, 6.07) is 0.0617. The van der Waals surface area contributed by atoms with Crippen LogP contribution in [0.2, 0.25) is 6.04 Å². The number of nitriles is 1. The van der Waals surface area contributed by atoms with E-state index in [1.54, 1.807) is 0 Å². The van der Waals surface area contributed by atoms with Crippen molar-refractivity contribution in [1.82, 2.24) is 0 Å². The third-order valence-electron chi connectivity index (χ3n) is 1.82. The highest BCUT2D eigenvalue weighted by Gasteiger charge is 2.29. The van der Waals surface area contributed by atoms with Crippen LogP contribution in [0.1, 0.15) is 32.6 Å². The van der Waals surface area contributed by atoms with Crippen LogP contribution < -0.4 is 0 Å². The summed E-state index contributed by atoms with van der Waals surface area (Å²) in [6.07, 6.45) is 4.23. The van der Waals surface area contributed by atoms with Crippen LogP contribution in [-0.4, -0.2) is 6.00 Å². The summed E-state index contributed by atoms with van der Waals surface area (Å²) in [7, 11) is 0. The van der Waals surface area contributed by atoms with Gasteiger partial charge in [-0.25, -0.2) is 0 Å². The second kappa shape index (κ2) is 6.95. The molecule has 1 unspecified atom stereocenters. The van der Waals surface area contributed by atoms with E-state index in [1.165, 1.54) is 0 Å². The molecule has 0 N–H and O–H groups in total. The minimum absolute atomic E-state index is 0.0642. The summed E-state index contributed by atoms with van der Waals surface area (Å²) in [6.45, 7) is 2.13. The Kier molecular flexibility index (Phi) is 7.26. The molecule has 1 atom stereocenters. The Morgan fingerprint density at radius 1 is 1.31 bits per heavy atom. The van der Waals surface area contributed by atoms with Crippen molar-refractivity contribution in [1.29, 1.82) is 5.26 Å². The van der Waals surface area contributed by atoms with Crippen LogP contribution in [0.3, 0.4) is 0 Å². The Morgan fingerprint density at radius 2 is 1.92 bits per heavy atom. The smallest absolute Gasteiger partial charge is 0.198 e. The SMILES string of the molecule is CCCCCC(C#N)C[Si](Cl)(Cl)Cl. The fourth-order valence-corrected chi connectivity index (χ4v) is 3.66. The third-order valence-corrected chi connectivity index (χ3v) is 4.16. The lowest BCUT2D eigenvalue weighted by Crippen LogP contribution is -2.14. The highest BCUT2D eigenvalue weighted by Crippen LogP contribution is 2.31. The predicted molar refractivity (Wildman–Crippen MR) is 61.4 cm³/mol. The maximum atomic E-state index is 8.78.